The quantitative estimate of drug-likeness (QED) is 0.910. The van der Waals surface area contributed by atoms with E-state index in [2.05, 4.69) is 20.3 Å². The second-order valence-corrected chi connectivity index (χ2v) is 5.78. The second-order valence-electron chi connectivity index (χ2n) is 5.78. The Balaban J connectivity index is 1.73. The molecule has 0 unspecified atom stereocenters. The fraction of sp³-hybridized carbons (Fsp3) is 0.412. The van der Waals surface area contributed by atoms with E-state index in [-0.39, 0.29) is 11.9 Å². The molecule has 0 aliphatic heterocycles. The zero-order valence-electron chi connectivity index (χ0n) is 13.4. The van der Waals surface area contributed by atoms with Gasteiger partial charge in [0.05, 0.1) is 12.8 Å². The topological polar surface area (TPSA) is 77.0 Å². The van der Waals surface area contributed by atoms with E-state index in [0.29, 0.717) is 17.9 Å². The van der Waals surface area contributed by atoms with E-state index in [9.17, 15) is 4.79 Å². The molecule has 0 fully saturated rings. The standard InChI is InChI=1S/C17H20N4O2/c1-11(8-13-10-18-6-7-19-13)20-16(22)14-9-12-4-3-5-15(12)21-17(14)23-2/h6-7,9-11H,3-5,8H2,1-2H3,(H,20,22)/t11-/m0/s1. The van der Waals surface area contributed by atoms with Gasteiger partial charge in [-0.15, -0.1) is 0 Å². The molecule has 23 heavy (non-hydrogen) atoms. The normalized spacial score (nSPS) is 14.2. The highest BCUT2D eigenvalue weighted by Crippen LogP contribution is 2.26. The summed E-state index contributed by atoms with van der Waals surface area (Å²) in [5, 5.41) is 2.98. The van der Waals surface area contributed by atoms with Crippen LogP contribution in [-0.2, 0) is 19.3 Å². The number of fused-ring (bicyclic) bond motifs is 1. The van der Waals surface area contributed by atoms with Crippen LogP contribution in [0.4, 0.5) is 0 Å². The molecule has 0 aromatic carbocycles. The molecule has 0 bridgehead atoms. The number of ether oxygens (including phenoxy) is 1. The zero-order chi connectivity index (χ0) is 16.2. The summed E-state index contributed by atoms with van der Waals surface area (Å²) in [6.45, 7) is 1.94. The first-order chi connectivity index (χ1) is 11.2. The molecular weight excluding hydrogens is 292 g/mol. The lowest BCUT2D eigenvalue weighted by molar-refractivity contribution is 0.0936. The fourth-order valence-electron chi connectivity index (χ4n) is 2.87. The molecule has 0 radical (unpaired) electrons. The first-order valence-corrected chi connectivity index (χ1v) is 7.80. The van der Waals surface area contributed by atoms with Crippen molar-refractivity contribution >= 4 is 5.91 Å². The maximum atomic E-state index is 12.6. The van der Waals surface area contributed by atoms with Crippen LogP contribution < -0.4 is 10.1 Å². The number of amides is 1. The molecule has 1 atom stereocenters. The molecule has 1 aliphatic rings. The summed E-state index contributed by atoms with van der Waals surface area (Å²) in [6.07, 6.45) is 8.63. The van der Waals surface area contributed by atoms with E-state index >= 15 is 0 Å². The van der Waals surface area contributed by atoms with Gasteiger partial charge in [0.1, 0.15) is 5.56 Å². The average molecular weight is 312 g/mol. The van der Waals surface area contributed by atoms with Gasteiger partial charge in [-0.1, -0.05) is 0 Å². The fourth-order valence-corrected chi connectivity index (χ4v) is 2.87. The number of rotatable bonds is 5. The van der Waals surface area contributed by atoms with Gasteiger partial charge in [0.2, 0.25) is 5.88 Å². The van der Waals surface area contributed by atoms with Crippen LogP contribution in [0.5, 0.6) is 5.88 Å². The van der Waals surface area contributed by atoms with E-state index < -0.39 is 0 Å². The van der Waals surface area contributed by atoms with E-state index in [0.717, 1.165) is 36.2 Å². The largest absolute Gasteiger partial charge is 0.480 e. The highest BCUT2D eigenvalue weighted by atomic mass is 16.5. The van der Waals surface area contributed by atoms with Gasteiger partial charge < -0.3 is 10.1 Å². The van der Waals surface area contributed by atoms with Gasteiger partial charge in [-0.05, 0) is 37.8 Å². The van der Waals surface area contributed by atoms with Crippen molar-refractivity contribution in [2.24, 2.45) is 0 Å². The van der Waals surface area contributed by atoms with Crippen molar-refractivity contribution in [1.82, 2.24) is 20.3 Å². The molecule has 0 saturated carbocycles. The predicted octanol–water partition coefficient (Wildman–Crippen LogP) is 1.73. The van der Waals surface area contributed by atoms with Gasteiger partial charge in [-0.3, -0.25) is 14.8 Å². The summed E-state index contributed by atoms with van der Waals surface area (Å²) in [6, 6.07) is 1.86. The summed E-state index contributed by atoms with van der Waals surface area (Å²) < 4.78 is 5.30. The highest BCUT2D eigenvalue weighted by molar-refractivity contribution is 5.96. The minimum atomic E-state index is -0.166. The van der Waals surface area contributed by atoms with E-state index in [1.54, 1.807) is 25.7 Å². The third-order valence-corrected chi connectivity index (χ3v) is 3.96. The van der Waals surface area contributed by atoms with Crippen molar-refractivity contribution in [3.8, 4) is 5.88 Å². The van der Waals surface area contributed by atoms with Crippen molar-refractivity contribution < 1.29 is 9.53 Å². The van der Waals surface area contributed by atoms with Crippen molar-refractivity contribution in [3.05, 3.63) is 47.2 Å². The maximum Gasteiger partial charge on any atom is 0.256 e. The molecule has 1 aliphatic carbocycles. The highest BCUT2D eigenvalue weighted by Gasteiger charge is 2.21. The van der Waals surface area contributed by atoms with Crippen LogP contribution in [0.3, 0.4) is 0 Å². The third-order valence-electron chi connectivity index (χ3n) is 3.96. The van der Waals surface area contributed by atoms with Crippen molar-refractivity contribution in [2.45, 2.75) is 38.6 Å². The molecule has 6 heteroatoms. The number of nitrogens with one attached hydrogen (secondary N) is 1. The summed E-state index contributed by atoms with van der Waals surface area (Å²) >= 11 is 0. The minimum Gasteiger partial charge on any atom is -0.480 e. The predicted molar refractivity (Wildman–Crippen MR) is 85.5 cm³/mol. The van der Waals surface area contributed by atoms with Crippen molar-refractivity contribution in [3.63, 3.8) is 0 Å². The number of hydrogen-bond acceptors (Lipinski definition) is 5. The number of methoxy groups -OCH3 is 1. The Bertz CT molecular complexity index is 703. The molecule has 0 saturated heterocycles. The summed E-state index contributed by atoms with van der Waals surface area (Å²) in [5.41, 5.74) is 3.54. The number of pyridine rings is 1. The lowest BCUT2D eigenvalue weighted by Crippen LogP contribution is -2.34. The SMILES string of the molecule is COc1nc2c(cc1C(=O)N[C@@H](C)Cc1cnccn1)CCC2. The molecule has 6 nitrogen and oxygen atoms in total. The van der Waals surface area contributed by atoms with Crippen LogP contribution in [-0.4, -0.2) is 34.0 Å². The lowest BCUT2D eigenvalue weighted by atomic mass is 10.1. The number of nitrogens with zero attached hydrogens (tertiary/aromatic N) is 3. The van der Waals surface area contributed by atoms with Crippen LogP contribution in [0, 0.1) is 0 Å². The van der Waals surface area contributed by atoms with Crippen LogP contribution in [0.25, 0.3) is 0 Å². The smallest absolute Gasteiger partial charge is 0.256 e. The number of carbonyl (C=O) groups is 1. The maximum absolute atomic E-state index is 12.6. The van der Waals surface area contributed by atoms with Gasteiger partial charge in [0.25, 0.3) is 5.91 Å². The number of hydrogen-bond donors (Lipinski definition) is 1. The Morgan fingerprint density at radius 2 is 2.26 bits per heavy atom. The third kappa shape index (κ3) is 3.47. The molecule has 0 spiro atoms. The van der Waals surface area contributed by atoms with Crippen molar-refractivity contribution in [2.75, 3.05) is 7.11 Å². The number of aryl methyl sites for hydroxylation is 2. The van der Waals surface area contributed by atoms with Gasteiger partial charge in [-0.25, -0.2) is 4.98 Å². The number of carbonyl (C=O) groups excluding carboxylic acids is 1. The molecule has 2 aromatic rings. The van der Waals surface area contributed by atoms with Crippen LogP contribution in [0.2, 0.25) is 0 Å². The lowest BCUT2D eigenvalue weighted by Gasteiger charge is -2.15. The Hall–Kier alpha value is -2.50. The van der Waals surface area contributed by atoms with Crippen molar-refractivity contribution in [1.29, 1.82) is 0 Å². The molecule has 1 amide bonds. The Morgan fingerprint density at radius 1 is 1.39 bits per heavy atom. The first kappa shape index (κ1) is 15.4. The van der Waals surface area contributed by atoms with Gasteiger partial charge in [0, 0.05) is 36.7 Å². The Kier molecular flexibility index (Phi) is 4.50. The van der Waals surface area contributed by atoms with Gasteiger partial charge in [-0.2, -0.15) is 0 Å². The number of aromatic nitrogens is 3. The summed E-state index contributed by atoms with van der Waals surface area (Å²) in [5.74, 6) is 0.232. The summed E-state index contributed by atoms with van der Waals surface area (Å²) in [4.78, 5) is 25.3. The van der Waals surface area contributed by atoms with Crippen LogP contribution in [0.15, 0.2) is 24.7 Å². The van der Waals surface area contributed by atoms with E-state index in [1.807, 2.05) is 13.0 Å². The summed E-state index contributed by atoms with van der Waals surface area (Å²) in [7, 11) is 1.55. The molecular formula is C17H20N4O2. The minimum absolute atomic E-state index is 0.0582. The molecule has 2 heterocycles. The molecule has 2 aromatic heterocycles. The van der Waals surface area contributed by atoms with Crippen LogP contribution in [0.1, 0.15) is 40.7 Å². The van der Waals surface area contributed by atoms with Crippen LogP contribution >= 0.6 is 0 Å². The average Bonchev–Trinajstić information content (AvgIpc) is 3.01. The van der Waals surface area contributed by atoms with Gasteiger partial charge >= 0.3 is 0 Å². The molecule has 120 valence electrons. The van der Waals surface area contributed by atoms with Gasteiger partial charge in [0.15, 0.2) is 0 Å². The van der Waals surface area contributed by atoms with E-state index in [1.165, 1.54) is 0 Å². The zero-order valence-corrected chi connectivity index (χ0v) is 13.4. The second kappa shape index (κ2) is 6.73. The van der Waals surface area contributed by atoms with E-state index in [4.69, 9.17) is 4.74 Å². The Labute approximate surface area is 135 Å². The monoisotopic (exact) mass is 312 g/mol. The first-order valence-electron chi connectivity index (χ1n) is 7.80. The Morgan fingerprint density at radius 3 is 3.00 bits per heavy atom. The molecule has 1 N–H and O–H groups in total. The molecule has 3 rings (SSSR count).